The molecule has 4 heteroatoms. The summed E-state index contributed by atoms with van der Waals surface area (Å²) in [5.41, 5.74) is 0.199. The van der Waals surface area contributed by atoms with Gasteiger partial charge in [-0.25, -0.2) is 4.79 Å². The second-order valence-electron chi connectivity index (χ2n) is 3.97. The molecule has 0 bridgehead atoms. The normalized spacial score (nSPS) is 10.3. The van der Waals surface area contributed by atoms with Crippen molar-refractivity contribution in [1.82, 2.24) is 0 Å². The smallest absolute Gasteiger partial charge is 0.339 e. The van der Waals surface area contributed by atoms with Crippen molar-refractivity contribution in [2.24, 2.45) is 0 Å². The molecule has 0 aromatic heterocycles. The highest BCUT2D eigenvalue weighted by Gasteiger charge is 2.09. The van der Waals surface area contributed by atoms with E-state index >= 15 is 0 Å². The summed E-state index contributed by atoms with van der Waals surface area (Å²) in [6.45, 7) is 4.02. The Labute approximate surface area is 108 Å². The lowest BCUT2D eigenvalue weighted by molar-refractivity contribution is 0.0691. The van der Waals surface area contributed by atoms with Gasteiger partial charge in [0.1, 0.15) is 11.3 Å². The third-order valence-corrected chi connectivity index (χ3v) is 2.45. The minimum Gasteiger partial charge on any atom is -0.493 e. The zero-order chi connectivity index (χ0) is 13.2. The standard InChI is InChI=1S/C14H20O4/c1-2-3-9-17-10-6-11-18-13-8-5-4-7-12(13)14(15)16/h4-5,7-8H,2-3,6,9-11H2,1H3,(H,15,16). The zero-order valence-electron chi connectivity index (χ0n) is 10.7. The molecule has 18 heavy (non-hydrogen) atoms. The Balaban J connectivity index is 2.25. The molecule has 0 atom stereocenters. The molecule has 100 valence electrons. The molecule has 1 aromatic rings. The van der Waals surface area contributed by atoms with Gasteiger partial charge in [0.05, 0.1) is 6.61 Å². The fourth-order valence-electron chi connectivity index (χ4n) is 1.46. The molecule has 0 aliphatic heterocycles. The highest BCUT2D eigenvalue weighted by molar-refractivity contribution is 5.90. The number of unbranched alkanes of at least 4 members (excludes halogenated alkanes) is 1. The number of rotatable bonds is 9. The quantitative estimate of drug-likeness (QED) is 0.686. The van der Waals surface area contributed by atoms with Crippen LogP contribution in [0.3, 0.4) is 0 Å². The van der Waals surface area contributed by atoms with Crippen LogP contribution in [0, 0.1) is 0 Å². The summed E-state index contributed by atoms with van der Waals surface area (Å²) in [5.74, 6) is -0.552. The van der Waals surface area contributed by atoms with Crippen LogP contribution < -0.4 is 4.74 Å². The maximum Gasteiger partial charge on any atom is 0.339 e. The van der Waals surface area contributed by atoms with Crippen molar-refractivity contribution < 1.29 is 19.4 Å². The fraction of sp³-hybridized carbons (Fsp3) is 0.500. The van der Waals surface area contributed by atoms with Gasteiger partial charge in [0.2, 0.25) is 0 Å². The fourth-order valence-corrected chi connectivity index (χ4v) is 1.46. The van der Waals surface area contributed by atoms with Crippen LogP contribution in [0.15, 0.2) is 24.3 Å². The molecule has 0 aliphatic carbocycles. The first-order chi connectivity index (χ1) is 8.75. The lowest BCUT2D eigenvalue weighted by atomic mass is 10.2. The van der Waals surface area contributed by atoms with Crippen molar-refractivity contribution >= 4 is 5.97 Å². The Morgan fingerprint density at radius 1 is 1.17 bits per heavy atom. The van der Waals surface area contributed by atoms with Crippen molar-refractivity contribution in [1.29, 1.82) is 0 Å². The van der Waals surface area contributed by atoms with Crippen molar-refractivity contribution in [2.75, 3.05) is 19.8 Å². The molecule has 0 fully saturated rings. The summed E-state index contributed by atoms with van der Waals surface area (Å²) in [6.07, 6.45) is 2.96. The van der Waals surface area contributed by atoms with Gasteiger partial charge in [-0.2, -0.15) is 0 Å². The Hall–Kier alpha value is -1.55. The van der Waals surface area contributed by atoms with E-state index in [0.29, 0.717) is 19.0 Å². The molecule has 0 amide bonds. The van der Waals surface area contributed by atoms with E-state index < -0.39 is 5.97 Å². The van der Waals surface area contributed by atoms with E-state index in [1.807, 2.05) is 0 Å². The van der Waals surface area contributed by atoms with Gasteiger partial charge in [0.25, 0.3) is 0 Å². The lowest BCUT2D eigenvalue weighted by Gasteiger charge is -2.09. The monoisotopic (exact) mass is 252 g/mol. The molecule has 1 N–H and O–H groups in total. The molecule has 0 unspecified atom stereocenters. The van der Waals surface area contributed by atoms with Crippen molar-refractivity contribution in [3.8, 4) is 5.75 Å². The molecule has 0 heterocycles. The molecular formula is C14H20O4. The number of aromatic carboxylic acids is 1. The number of hydrogen-bond donors (Lipinski definition) is 1. The maximum absolute atomic E-state index is 10.9. The molecule has 0 saturated carbocycles. The van der Waals surface area contributed by atoms with Gasteiger partial charge in [-0.1, -0.05) is 25.5 Å². The van der Waals surface area contributed by atoms with Gasteiger partial charge < -0.3 is 14.6 Å². The Bertz CT molecular complexity index is 363. The first-order valence-corrected chi connectivity index (χ1v) is 6.28. The number of hydrogen-bond acceptors (Lipinski definition) is 3. The Morgan fingerprint density at radius 3 is 2.61 bits per heavy atom. The van der Waals surface area contributed by atoms with Crippen molar-refractivity contribution in [2.45, 2.75) is 26.2 Å². The molecule has 0 saturated heterocycles. The number of para-hydroxylation sites is 1. The molecular weight excluding hydrogens is 232 g/mol. The van der Waals surface area contributed by atoms with Gasteiger partial charge in [-0.05, 0) is 18.6 Å². The molecule has 0 aliphatic rings. The Morgan fingerprint density at radius 2 is 1.89 bits per heavy atom. The van der Waals surface area contributed by atoms with E-state index in [2.05, 4.69) is 6.92 Å². The molecule has 0 spiro atoms. The van der Waals surface area contributed by atoms with Gasteiger partial charge in [0, 0.05) is 19.6 Å². The Kier molecular flexibility index (Phi) is 6.87. The lowest BCUT2D eigenvalue weighted by Crippen LogP contribution is -2.07. The summed E-state index contributed by atoms with van der Waals surface area (Å²) in [7, 11) is 0. The van der Waals surface area contributed by atoms with Crippen LogP contribution in [-0.2, 0) is 4.74 Å². The van der Waals surface area contributed by atoms with E-state index in [4.69, 9.17) is 14.6 Å². The zero-order valence-corrected chi connectivity index (χ0v) is 10.7. The van der Waals surface area contributed by atoms with E-state index in [-0.39, 0.29) is 5.56 Å². The van der Waals surface area contributed by atoms with Crippen LogP contribution in [-0.4, -0.2) is 30.9 Å². The SMILES string of the molecule is CCCCOCCCOc1ccccc1C(=O)O. The first-order valence-electron chi connectivity index (χ1n) is 6.28. The topological polar surface area (TPSA) is 55.8 Å². The summed E-state index contributed by atoms with van der Waals surface area (Å²) in [4.78, 5) is 10.9. The largest absolute Gasteiger partial charge is 0.493 e. The predicted molar refractivity (Wildman–Crippen MR) is 69.2 cm³/mol. The number of carbonyl (C=O) groups is 1. The summed E-state index contributed by atoms with van der Waals surface area (Å²) in [6, 6.07) is 6.65. The van der Waals surface area contributed by atoms with E-state index in [9.17, 15) is 4.79 Å². The minimum atomic E-state index is -0.968. The van der Waals surface area contributed by atoms with E-state index in [0.717, 1.165) is 25.9 Å². The van der Waals surface area contributed by atoms with Gasteiger partial charge in [0.15, 0.2) is 0 Å². The highest BCUT2D eigenvalue weighted by atomic mass is 16.5. The van der Waals surface area contributed by atoms with Crippen LogP contribution >= 0.6 is 0 Å². The third kappa shape index (κ3) is 5.19. The van der Waals surface area contributed by atoms with Crippen molar-refractivity contribution in [3.05, 3.63) is 29.8 Å². The van der Waals surface area contributed by atoms with Gasteiger partial charge in [-0.3, -0.25) is 0 Å². The van der Waals surface area contributed by atoms with Crippen LogP contribution in [0.5, 0.6) is 5.75 Å². The third-order valence-electron chi connectivity index (χ3n) is 2.45. The highest BCUT2D eigenvalue weighted by Crippen LogP contribution is 2.17. The second kappa shape index (κ2) is 8.53. The number of ether oxygens (including phenoxy) is 2. The molecule has 1 rings (SSSR count). The molecule has 1 aromatic carbocycles. The van der Waals surface area contributed by atoms with Crippen LogP contribution in [0.4, 0.5) is 0 Å². The van der Waals surface area contributed by atoms with E-state index in [1.54, 1.807) is 18.2 Å². The van der Waals surface area contributed by atoms with Crippen molar-refractivity contribution in [3.63, 3.8) is 0 Å². The van der Waals surface area contributed by atoms with Gasteiger partial charge in [-0.15, -0.1) is 0 Å². The van der Waals surface area contributed by atoms with Crippen LogP contribution in [0.2, 0.25) is 0 Å². The number of carboxylic acid groups (broad SMARTS) is 1. The van der Waals surface area contributed by atoms with Gasteiger partial charge >= 0.3 is 5.97 Å². The number of carboxylic acids is 1. The maximum atomic E-state index is 10.9. The molecule has 0 radical (unpaired) electrons. The summed E-state index contributed by atoms with van der Waals surface area (Å²) >= 11 is 0. The number of benzene rings is 1. The summed E-state index contributed by atoms with van der Waals surface area (Å²) < 4.78 is 10.8. The molecule has 4 nitrogen and oxygen atoms in total. The summed E-state index contributed by atoms with van der Waals surface area (Å²) in [5, 5.41) is 8.96. The second-order valence-corrected chi connectivity index (χ2v) is 3.97. The van der Waals surface area contributed by atoms with Crippen LogP contribution in [0.25, 0.3) is 0 Å². The predicted octanol–water partition coefficient (Wildman–Crippen LogP) is 2.97. The minimum absolute atomic E-state index is 0.199. The average molecular weight is 252 g/mol. The average Bonchev–Trinajstić information content (AvgIpc) is 2.38. The first kappa shape index (κ1) is 14.5. The van der Waals surface area contributed by atoms with E-state index in [1.165, 1.54) is 6.07 Å². The van der Waals surface area contributed by atoms with Crippen LogP contribution in [0.1, 0.15) is 36.5 Å².